The number of benzene rings is 1. The van der Waals surface area contributed by atoms with Gasteiger partial charge in [-0.1, -0.05) is 19.9 Å². The van der Waals surface area contributed by atoms with E-state index in [1.165, 1.54) is 10.7 Å². The Labute approximate surface area is 122 Å². The second kappa shape index (κ2) is 5.37. The molecule has 1 fully saturated rings. The average Bonchev–Trinajstić information content (AvgIpc) is 2.68. The molecule has 1 saturated carbocycles. The van der Waals surface area contributed by atoms with E-state index >= 15 is 0 Å². The smallest absolute Gasteiger partial charge is 0.242 e. The number of nitrogens with one attached hydrogen (secondary N) is 1. The van der Waals surface area contributed by atoms with Crippen molar-refractivity contribution in [2.24, 2.45) is 5.41 Å². The van der Waals surface area contributed by atoms with Crippen molar-refractivity contribution in [3.05, 3.63) is 24.3 Å². The van der Waals surface area contributed by atoms with Crippen LogP contribution in [0.25, 0.3) is 0 Å². The molecule has 1 aliphatic rings. The van der Waals surface area contributed by atoms with Crippen molar-refractivity contribution in [2.45, 2.75) is 44.0 Å². The summed E-state index contributed by atoms with van der Waals surface area (Å²) in [7, 11) is -0.261. The van der Waals surface area contributed by atoms with E-state index < -0.39 is 10.0 Å². The van der Waals surface area contributed by atoms with Gasteiger partial charge >= 0.3 is 0 Å². The third-order valence-electron chi connectivity index (χ3n) is 3.95. The van der Waals surface area contributed by atoms with Gasteiger partial charge in [0.15, 0.2) is 0 Å². The van der Waals surface area contributed by atoms with Gasteiger partial charge in [-0.15, -0.1) is 0 Å². The van der Waals surface area contributed by atoms with Crippen molar-refractivity contribution in [3.63, 3.8) is 0 Å². The second-order valence-corrected chi connectivity index (χ2v) is 8.72. The summed E-state index contributed by atoms with van der Waals surface area (Å²) >= 11 is 0. The fraction of sp³-hybridized carbons (Fsp3) is 0.600. The van der Waals surface area contributed by atoms with Crippen molar-refractivity contribution < 1.29 is 8.42 Å². The van der Waals surface area contributed by atoms with Crippen LogP contribution < -0.4 is 5.32 Å². The molecule has 20 heavy (non-hydrogen) atoms. The first-order chi connectivity index (χ1) is 9.21. The van der Waals surface area contributed by atoms with Gasteiger partial charge in [0, 0.05) is 25.8 Å². The van der Waals surface area contributed by atoms with Crippen LogP contribution in [0.1, 0.15) is 33.1 Å². The molecule has 1 aromatic carbocycles. The molecule has 1 unspecified atom stereocenters. The molecule has 0 aromatic heterocycles. The lowest BCUT2D eigenvalue weighted by molar-refractivity contribution is 0.378. The molecule has 0 radical (unpaired) electrons. The minimum atomic E-state index is -3.36. The molecule has 1 N–H and O–H groups in total. The highest BCUT2D eigenvalue weighted by Crippen LogP contribution is 2.38. The van der Waals surface area contributed by atoms with E-state index in [1.54, 1.807) is 32.3 Å². The fourth-order valence-corrected chi connectivity index (χ4v) is 3.70. The number of hydrogen-bond acceptors (Lipinski definition) is 3. The van der Waals surface area contributed by atoms with Crippen LogP contribution >= 0.6 is 0 Å². The minimum absolute atomic E-state index is 0.338. The van der Waals surface area contributed by atoms with Gasteiger partial charge in [-0.25, -0.2) is 12.7 Å². The second-order valence-electron chi connectivity index (χ2n) is 6.56. The van der Waals surface area contributed by atoms with Crippen molar-refractivity contribution in [1.29, 1.82) is 0 Å². The number of hydrogen-bond donors (Lipinski definition) is 1. The SMILES string of the molecule is CN(C)S(=O)(=O)c1cccc(NC2CCC(C)(C)C2)c1. The van der Waals surface area contributed by atoms with Gasteiger partial charge in [0.05, 0.1) is 4.90 Å². The molecular formula is C15H24N2O2S. The van der Waals surface area contributed by atoms with Gasteiger partial charge in [0.1, 0.15) is 0 Å². The molecule has 5 heteroatoms. The fourth-order valence-electron chi connectivity index (χ4n) is 2.75. The molecular weight excluding hydrogens is 272 g/mol. The standard InChI is InChI=1S/C15H24N2O2S/c1-15(2)9-8-13(11-15)16-12-6-5-7-14(10-12)20(18,19)17(3)4/h5-7,10,13,16H,8-9,11H2,1-4H3. The Kier molecular flexibility index (Phi) is 4.12. The topological polar surface area (TPSA) is 49.4 Å². The Morgan fingerprint density at radius 1 is 1.30 bits per heavy atom. The van der Waals surface area contributed by atoms with Gasteiger partial charge in [-0.2, -0.15) is 0 Å². The van der Waals surface area contributed by atoms with Gasteiger partial charge in [-0.05, 0) is 42.9 Å². The molecule has 0 spiro atoms. The van der Waals surface area contributed by atoms with Crippen LogP contribution in [-0.4, -0.2) is 32.9 Å². The number of sulfonamides is 1. The van der Waals surface area contributed by atoms with Crippen LogP contribution in [0.4, 0.5) is 5.69 Å². The van der Waals surface area contributed by atoms with E-state index in [1.807, 2.05) is 6.07 Å². The van der Waals surface area contributed by atoms with E-state index in [4.69, 9.17) is 0 Å². The van der Waals surface area contributed by atoms with E-state index in [-0.39, 0.29) is 0 Å². The van der Waals surface area contributed by atoms with E-state index in [0.717, 1.165) is 18.5 Å². The predicted octanol–water partition coefficient (Wildman–Crippen LogP) is 2.93. The summed E-state index contributed by atoms with van der Waals surface area (Å²) in [5.41, 5.74) is 1.26. The number of nitrogens with zero attached hydrogens (tertiary/aromatic N) is 1. The molecule has 0 bridgehead atoms. The largest absolute Gasteiger partial charge is 0.382 e. The highest BCUT2D eigenvalue weighted by Gasteiger charge is 2.30. The molecule has 0 amide bonds. The molecule has 1 atom stereocenters. The van der Waals surface area contributed by atoms with Gasteiger partial charge in [0.25, 0.3) is 0 Å². The van der Waals surface area contributed by atoms with E-state index in [9.17, 15) is 8.42 Å². The molecule has 4 nitrogen and oxygen atoms in total. The van der Waals surface area contributed by atoms with Gasteiger partial charge < -0.3 is 5.32 Å². The first kappa shape index (κ1) is 15.3. The van der Waals surface area contributed by atoms with Crippen LogP contribution in [0.2, 0.25) is 0 Å². The average molecular weight is 296 g/mol. The lowest BCUT2D eigenvalue weighted by atomic mass is 9.92. The Balaban J connectivity index is 2.15. The highest BCUT2D eigenvalue weighted by atomic mass is 32.2. The number of anilines is 1. The Morgan fingerprint density at radius 2 is 2.00 bits per heavy atom. The normalized spacial score (nSPS) is 22.1. The molecule has 0 aliphatic heterocycles. The Bertz CT molecular complexity index is 579. The number of rotatable bonds is 4. The first-order valence-electron chi connectivity index (χ1n) is 7.00. The van der Waals surface area contributed by atoms with Gasteiger partial charge in [-0.3, -0.25) is 0 Å². The predicted molar refractivity (Wildman–Crippen MR) is 82.4 cm³/mol. The van der Waals surface area contributed by atoms with Crippen LogP contribution in [0, 0.1) is 5.41 Å². The van der Waals surface area contributed by atoms with Crippen LogP contribution in [0.15, 0.2) is 29.2 Å². The minimum Gasteiger partial charge on any atom is -0.382 e. The third kappa shape index (κ3) is 3.33. The first-order valence-corrected chi connectivity index (χ1v) is 8.44. The zero-order chi connectivity index (χ0) is 15.0. The molecule has 1 aromatic rings. The third-order valence-corrected chi connectivity index (χ3v) is 5.76. The summed E-state index contributed by atoms with van der Waals surface area (Å²) in [6, 6.07) is 7.51. The van der Waals surface area contributed by atoms with E-state index in [2.05, 4.69) is 19.2 Å². The monoisotopic (exact) mass is 296 g/mol. The van der Waals surface area contributed by atoms with Crippen LogP contribution in [-0.2, 0) is 10.0 Å². The Morgan fingerprint density at radius 3 is 2.55 bits per heavy atom. The summed E-state index contributed by atoms with van der Waals surface area (Å²) in [5.74, 6) is 0. The zero-order valence-electron chi connectivity index (χ0n) is 12.7. The molecule has 2 rings (SSSR count). The summed E-state index contributed by atoms with van der Waals surface area (Å²) in [5, 5.41) is 3.46. The summed E-state index contributed by atoms with van der Waals surface area (Å²) in [4.78, 5) is 0.338. The lowest BCUT2D eigenvalue weighted by Crippen LogP contribution is -2.22. The Hall–Kier alpha value is -1.07. The van der Waals surface area contributed by atoms with Crippen molar-refractivity contribution in [2.75, 3.05) is 19.4 Å². The van der Waals surface area contributed by atoms with Crippen LogP contribution in [0.5, 0.6) is 0 Å². The van der Waals surface area contributed by atoms with Gasteiger partial charge in [0.2, 0.25) is 10.0 Å². The maximum Gasteiger partial charge on any atom is 0.242 e. The summed E-state index contributed by atoms with van der Waals surface area (Å²) < 4.78 is 25.5. The van der Waals surface area contributed by atoms with Crippen molar-refractivity contribution >= 4 is 15.7 Å². The highest BCUT2D eigenvalue weighted by molar-refractivity contribution is 7.89. The van der Waals surface area contributed by atoms with Crippen LogP contribution in [0.3, 0.4) is 0 Å². The summed E-state index contributed by atoms with van der Waals surface area (Å²) in [6.07, 6.45) is 3.47. The molecule has 1 aliphatic carbocycles. The van der Waals surface area contributed by atoms with E-state index in [0.29, 0.717) is 16.4 Å². The molecule has 0 saturated heterocycles. The van der Waals surface area contributed by atoms with Crippen molar-refractivity contribution in [3.8, 4) is 0 Å². The maximum absolute atomic E-state index is 12.1. The molecule has 112 valence electrons. The maximum atomic E-state index is 12.1. The molecule has 0 heterocycles. The lowest BCUT2D eigenvalue weighted by Gasteiger charge is -2.19. The zero-order valence-corrected chi connectivity index (χ0v) is 13.5. The quantitative estimate of drug-likeness (QED) is 0.929. The summed E-state index contributed by atoms with van der Waals surface area (Å²) in [6.45, 7) is 4.56. The van der Waals surface area contributed by atoms with Crippen molar-refractivity contribution in [1.82, 2.24) is 4.31 Å².